The van der Waals surface area contributed by atoms with Gasteiger partial charge in [-0.1, -0.05) is 6.42 Å². The Balaban J connectivity index is 1.80. The number of piperidine rings is 1. The molecular formula is C14H22N4O. The zero-order valence-corrected chi connectivity index (χ0v) is 11.5. The normalized spacial score (nSPS) is 16.1. The number of carbonyl (C=O) groups is 1. The molecule has 1 fully saturated rings. The molecule has 1 amide bonds. The van der Waals surface area contributed by atoms with Crippen molar-refractivity contribution in [3.05, 3.63) is 24.0 Å². The maximum absolute atomic E-state index is 11.5. The number of carbonyl (C=O) groups excluding carboxylic acids is 1. The van der Waals surface area contributed by atoms with Gasteiger partial charge < -0.3 is 15.5 Å². The summed E-state index contributed by atoms with van der Waals surface area (Å²) in [5.74, 6) is -0.153. The maximum atomic E-state index is 11.5. The first kappa shape index (κ1) is 13.8. The second kappa shape index (κ2) is 7.09. The number of anilines is 1. The number of pyridine rings is 1. The lowest BCUT2D eigenvalue weighted by molar-refractivity contribution is 0.0958. The predicted molar refractivity (Wildman–Crippen MR) is 76.4 cm³/mol. The summed E-state index contributed by atoms with van der Waals surface area (Å²) in [5, 5.41) is 5.93. The van der Waals surface area contributed by atoms with E-state index in [1.807, 2.05) is 6.07 Å². The van der Waals surface area contributed by atoms with Crippen LogP contribution in [0.4, 0.5) is 5.69 Å². The van der Waals surface area contributed by atoms with E-state index < -0.39 is 0 Å². The Morgan fingerprint density at radius 3 is 2.89 bits per heavy atom. The number of nitrogens with zero attached hydrogens (tertiary/aromatic N) is 2. The van der Waals surface area contributed by atoms with Gasteiger partial charge in [0.1, 0.15) is 5.69 Å². The van der Waals surface area contributed by atoms with Gasteiger partial charge in [0, 0.05) is 32.0 Å². The van der Waals surface area contributed by atoms with Gasteiger partial charge >= 0.3 is 0 Å². The standard InChI is InChI=1S/C14H22N4O/c1-15-14(19)13-11-12(5-6-17-13)16-7-10-18-8-3-2-4-9-18/h5-6,11H,2-4,7-10H2,1H3,(H,15,19)(H,16,17). The van der Waals surface area contributed by atoms with Crippen molar-refractivity contribution in [2.24, 2.45) is 0 Å². The van der Waals surface area contributed by atoms with Gasteiger partial charge in [0.25, 0.3) is 5.91 Å². The van der Waals surface area contributed by atoms with Crippen molar-refractivity contribution in [2.75, 3.05) is 38.5 Å². The fourth-order valence-electron chi connectivity index (χ4n) is 2.33. The van der Waals surface area contributed by atoms with Crippen molar-refractivity contribution in [1.82, 2.24) is 15.2 Å². The largest absolute Gasteiger partial charge is 0.384 e. The second-order valence-corrected chi connectivity index (χ2v) is 4.84. The molecule has 0 aromatic carbocycles. The van der Waals surface area contributed by atoms with Crippen molar-refractivity contribution >= 4 is 11.6 Å². The molecule has 0 bridgehead atoms. The van der Waals surface area contributed by atoms with Crippen molar-refractivity contribution in [3.63, 3.8) is 0 Å². The Labute approximate surface area is 114 Å². The number of hydrogen-bond acceptors (Lipinski definition) is 4. The third-order valence-electron chi connectivity index (χ3n) is 3.43. The summed E-state index contributed by atoms with van der Waals surface area (Å²) in [6.45, 7) is 4.37. The van der Waals surface area contributed by atoms with Crippen LogP contribution in [0.2, 0.25) is 0 Å². The van der Waals surface area contributed by atoms with Gasteiger partial charge in [-0.2, -0.15) is 0 Å². The van der Waals surface area contributed by atoms with Crippen LogP contribution in [-0.2, 0) is 0 Å². The molecule has 2 N–H and O–H groups in total. The van der Waals surface area contributed by atoms with Gasteiger partial charge in [-0.25, -0.2) is 0 Å². The molecule has 104 valence electrons. The summed E-state index contributed by atoms with van der Waals surface area (Å²) >= 11 is 0. The van der Waals surface area contributed by atoms with Crippen LogP contribution in [0.25, 0.3) is 0 Å². The average molecular weight is 262 g/mol. The van der Waals surface area contributed by atoms with Gasteiger partial charge in [0.15, 0.2) is 0 Å². The van der Waals surface area contributed by atoms with Gasteiger partial charge in [0.2, 0.25) is 0 Å². The van der Waals surface area contributed by atoms with Crippen LogP contribution >= 0.6 is 0 Å². The van der Waals surface area contributed by atoms with E-state index in [9.17, 15) is 4.79 Å². The molecule has 1 saturated heterocycles. The molecular weight excluding hydrogens is 240 g/mol. The average Bonchev–Trinajstić information content (AvgIpc) is 2.48. The van der Waals surface area contributed by atoms with Crippen LogP contribution in [-0.4, -0.2) is 49.0 Å². The molecule has 0 spiro atoms. The first-order chi connectivity index (χ1) is 9.29. The highest BCUT2D eigenvalue weighted by Gasteiger charge is 2.09. The van der Waals surface area contributed by atoms with Crippen molar-refractivity contribution < 1.29 is 4.79 Å². The zero-order chi connectivity index (χ0) is 13.5. The van der Waals surface area contributed by atoms with Gasteiger partial charge in [-0.15, -0.1) is 0 Å². The topological polar surface area (TPSA) is 57.3 Å². The summed E-state index contributed by atoms with van der Waals surface area (Å²) < 4.78 is 0. The lowest BCUT2D eigenvalue weighted by Gasteiger charge is -2.26. The van der Waals surface area contributed by atoms with Crippen molar-refractivity contribution in [3.8, 4) is 0 Å². The van der Waals surface area contributed by atoms with Gasteiger partial charge in [0.05, 0.1) is 0 Å². The minimum atomic E-state index is -0.153. The van der Waals surface area contributed by atoms with Crippen LogP contribution in [0.5, 0.6) is 0 Å². The summed E-state index contributed by atoms with van der Waals surface area (Å²) in [6.07, 6.45) is 5.66. The summed E-state index contributed by atoms with van der Waals surface area (Å²) in [6, 6.07) is 3.68. The molecule has 1 aliphatic heterocycles. The first-order valence-electron chi connectivity index (χ1n) is 6.94. The Morgan fingerprint density at radius 1 is 1.37 bits per heavy atom. The summed E-state index contributed by atoms with van der Waals surface area (Å²) in [7, 11) is 1.61. The van der Waals surface area contributed by atoms with Crippen LogP contribution in [0.3, 0.4) is 0 Å². The molecule has 1 aliphatic rings. The fourth-order valence-corrected chi connectivity index (χ4v) is 2.33. The first-order valence-corrected chi connectivity index (χ1v) is 6.94. The number of aromatic nitrogens is 1. The number of nitrogens with one attached hydrogen (secondary N) is 2. The molecule has 19 heavy (non-hydrogen) atoms. The van der Waals surface area contributed by atoms with Crippen molar-refractivity contribution in [2.45, 2.75) is 19.3 Å². The Morgan fingerprint density at radius 2 is 2.16 bits per heavy atom. The van der Waals surface area contributed by atoms with Crippen molar-refractivity contribution in [1.29, 1.82) is 0 Å². The highest BCUT2D eigenvalue weighted by molar-refractivity contribution is 5.92. The number of hydrogen-bond donors (Lipinski definition) is 2. The molecule has 5 nitrogen and oxygen atoms in total. The van der Waals surface area contributed by atoms with Gasteiger partial charge in [-0.3, -0.25) is 9.78 Å². The molecule has 1 aromatic rings. The molecule has 0 unspecified atom stereocenters. The molecule has 0 aliphatic carbocycles. The van der Waals surface area contributed by atoms with Crippen LogP contribution in [0.15, 0.2) is 18.3 Å². The molecule has 0 saturated carbocycles. The SMILES string of the molecule is CNC(=O)c1cc(NCCN2CCCCC2)ccn1. The second-order valence-electron chi connectivity index (χ2n) is 4.84. The van der Waals surface area contributed by atoms with E-state index in [0.29, 0.717) is 5.69 Å². The zero-order valence-electron chi connectivity index (χ0n) is 11.5. The molecule has 2 rings (SSSR count). The third-order valence-corrected chi connectivity index (χ3v) is 3.43. The lowest BCUT2D eigenvalue weighted by Crippen LogP contribution is -2.33. The Kier molecular flexibility index (Phi) is 5.15. The minimum absolute atomic E-state index is 0.153. The molecule has 0 radical (unpaired) electrons. The Bertz CT molecular complexity index is 416. The van der Waals surface area contributed by atoms with E-state index in [1.165, 1.54) is 32.4 Å². The smallest absolute Gasteiger partial charge is 0.269 e. The van der Waals surface area contributed by atoms with E-state index in [4.69, 9.17) is 0 Å². The van der Waals surface area contributed by atoms with E-state index in [2.05, 4.69) is 20.5 Å². The fraction of sp³-hybridized carbons (Fsp3) is 0.571. The molecule has 1 aromatic heterocycles. The number of amides is 1. The van der Waals surface area contributed by atoms with Crippen LogP contribution in [0.1, 0.15) is 29.8 Å². The molecule has 2 heterocycles. The lowest BCUT2D eigenvalue weighted by atomic mass is 10.1. The minimum Gasteiger partial charge on any atom is -0.384 e. The third kappa shape index (κ3) is 4.21. The molecule has 0 atom stereocenters. The van der Waals surface area contributed by atoms with Gasteiger partial charge in [-0.05, 0) is 38.1 Å². The number of rotatable bonds is 5. The summed E-state index contributed by atoms with van der Waals surface area (Å²) in [5.41, 5.74) is 1.40. The molecule has 5 heteroatoms. The van der Waals surface area contributed by atoms with Crippen LogP contribution in [0, 0.1) is 0 Å². The van der Waals surface area contributed by atoms with E-state index >= 15 is 0 Å². The highest BCUT2D eigenvalue weighted by atomic mass is 16.1. The Hall–Kier alpha value is -1.62. The maximum Gasteiger partial charge on any atom is 0.269 e. The monoisotopic (exact) mass is 262 g/mol. The van der Waals surface area contributed by atoms with E-state index in [-0.39, 0.29) is 5.91 Å². The van der Waals surface area contributed by atoms with Crippen LogP contribution < -0.4 is 10.6 Å². The van der Waals surface area contributed by atoms with E-state index in [0.717, 1.165) is 18.8 Å². The van der Waals surface area contributed by atoms with E-state index in [1.54, 1.807) is 19.3 Å². The number of likely N-dealkylation sites (tertiary alicyclic amines) is 1. The quantitative estimate of drug-likeness (QED) is 0.841. The predicted octanol–water partition coefficient (Wildman–Crippen LogP) is 1.34. The highest BCUT2D eigenvalue weighted by Crippen LogP contribution is 2.10. The summed E-state index contributed by atoms with van der Waals surface area (Å²) in [4.78, 5) is 18.0.